The number of aryl methyl sites for hydroxylation is 1. The van der Waals surface area contributed by atoms with Crippen LogP contribution in [-0.4, -0.2) is 27.5 Å². The van der Waals surface area contributed by atoms with Gasteiger partial charge >= 0.3 is 0 Å². The molecule has 0 atom stereocenters. The molecule has 0 unspecified atom stereocenters. The number of carbonyl (C=O) groups is 1. The minimum Gasteiger partial charge on any atom is -0.492 e. The fraction of sp³-hybridized carbons (Fsp3) is 0.278. The van der Waals surface area contributed by atoms with Crippen LogP contribution in [0.15, 0.2) is 53.4 Å². The standard InChI is InChI=1S/C18H22N2O4S/c1-3-24-17-7-5-4-6-16(17)20-18(21)12-13-19-25(22,23)15-10-8-14(2)9-11-15/h4-11,19H,3,12-13H2,1-2H3,(H,20,21). The van der Waals surface area contributed by atoms with Gasteiger partial charge in [0.15, 0.2) is 0 Å². The number of rotatable bonds is 8. The molecule has 2 aromatic carbocycles. The number of amides is 1. The molecule has 7 heteroatoms. The van der Waals surface area contributed by atoms with E-state index in [1.165, 1.54) is 12.1 Å². The van der Waals surface area contributed by atoms with Crippen molar-refractivity contribution in [3.05, 3.63) is 54.1 Å². The van der Waals surface area contributed by atoms with E-state index in [-0.39, 0.29) is 23.8 Å². The quantitative estimate of drug-likeness (QED) is 0.756. The Morgan fingerprint density at radius 2 is 1.76 bits per heavy atom. The first-order valence-electron chi connectivity index (χ1n) is 8.00. The van der Waals surface area contributed by atoms with E-state index in [0.717, 1.165) is 5.56 Å². The number of nitrogens with one attached hydrogen (secondary N) is 2. The van der Waals surface area contributed by atoms with Crippen molar-refractivity contribution >= 4 is 21.6 Å². The molecule has 0 aliphatic heterocycles. The molecule has 0 saturated heterocycles. The maximum Gasteiger partial charge on any atom is 0.240 e. The highest BCUT2D eigenvalue weighted by Gasteiger charge is 2.14. The molecule has 0 saturated carbocycles. The number of anilines is 1. The molecule has 0 bridgehead atoms. The van der Waals surface area contributed by atoms with Crippen molar-refractivity contribution in [2.24, 2.45) is 0 Å². The highest BCUT2D eigenvalue weighted by Crippen LogP contribution is 2.23. The highest BCUT2D eigenvalue weighted by atomic mass is 32.2. The van der Waals surface area contributed by atoms with Crippen LogP contribution in [0.5, 0.6) is 5.75 Å². The van der Waals surface area contributed by atoms with Crippen molar-refractivity contribution in [3.63, 3.8) is 0 Å². The summed E-state index contributed by atoms with van der Waals surface area (Å²) in [5.74, 6) is 0.289. The second kappa shape index (κ2) is 8.64. The number of benzene rings is 2. The third-order valence-corrected chi connectivity index (χ3v) is 4.91. The molecule has 2 aromatic rings. The number of carbonyl (C=O) groups excluding carboxylic acids is 1. The molecule has 0 aliphatic carbocycles. The van der Waals surface area contributed by atoms with Gasteiger partial charge in [0.05, 0.1) is 17.2 Å². The molecule has 25 heavy (non-hydrogen) atoms. The summed E-state index contributed by atoms with van der Waals surface area (Å²) in [5.41, 5.74) is 1.54. The molecule has 0 radical (unpaired) electrons. The van der Waals surface area contributed by atoms with Crippen molar-refractivity contribution in [1.82, 2.24) is 4.72 Å². The molecule has 0 aliphatic rings. The van der Waals surface area contributed by atoms with E-state index in [1.807, 2.05) is 19.9 Å². The molecule has 134 valence electrons. The Balaban J connectivity index is 1.89. The maximum atomic E-state index is 12.2. The van der Waals surface area contributed by atoms with Gasteiger partial charge in [-0.2, -0.15) is 0 Å². The first-order chi connectivity index (χ1) is 11.9. The molecule has 1 amide bonds. The topological polar surface area (TPSA) is 84.5 Å². The summed E-state index contributed by atoms with van der Waals surface area (Å²) in [6.07, 6.45) is 0.0194. The predicted octanol–water partition coefficient (Wildman–Crippen LogP) is 2.70. The Labute approximate surface area is 148 Å². The van der Waals surface area contributed by atoms with E-state index in [4.69, 9.17) is 4.74 Å². The van der Waals surface area contributed by atoms with Crippen LogP contribution in [0.25, 0.3) is 0 Å². The van der Waals surface area contributed by atoms with Crippen molar-refractivity contribution in [1.29, 1.82) is 0 Å². The van der Waals surface area contributed by atoms with Crippen molar-refractivity contribution < 1.29 is 17.9 Å². The maximum absolute atomic E-state index is 12.2. The summed E-state index contributed by atoms with van der Waals surface area (Å²) >= 11 is 0. The first kappa shape index (κ1) is 19.0. The minimum atomic E-state index is -3.62. The Morgan fingerprint density at radius 3 is 2.44 bits per heavy atom. The van der Waals surface area contributed by atoms with Crippen LogP contribution in [0.3, 0.4) is 0 Å². The van der Waals surface area contributed by atoms with Gasteiger partial charge in [-0.1, -0.05) is 29.8 Å². The minimum absolute atomic E-state index is 0.0127. The van der Waals surface area contributed by atoms with Crippen molar-refractivity contribution in [2.45, 2.75) is 25.2 Å². The predicted molar refractivity (Wildman–Crippen MR) is 97.2 cm³/mol. The van der Waals surface area contributed by atoms with Crippen LogP contribution in [0, 0.1) is 6.92 Å². The van der Waals surface area contributed by atoms with Gasteiger partial charge in [0, 0.05) is 13.0 Å². The third-order valence-electron chi connectivity index (χ3n) is 3.44. The van der Waals surface area contributed by atoms with E-state index in [1.54, 1.807) is 30.3 Å². The lowest BCUT2D eigenvalue weighted by atomic mass is 10.2. The third kappa shape index (κ3) is 5.58. The lowest BCUT2D eigenvalue weighted by molar-refractivity contribution is -0.116. The van der Waals surface area contributed by atoms with Crippen LogP contribution < -0.4 is 14.8 Å². The van der Waals surface area contributed by atoms with Gasteiger partial charge in [0.25, 0.3) is 0 Å². The lowest BCUT2D eigenvalue weighted by Crippen LogP contribution is -2.27. The van der Waals surface area contributed by atoms with Gasteiger partial charge in [-0.25, -0.2) is 13.1 Å². The Kier molecular flexibility index (Phi) is 6.55. The molecule has 0 heterocycles. The highest BCUT2D eigenvalue weighted by molar-refractivity contribution is 7.89. The summed E-state index contributed by atoms with van der Waals surface area (Å²) in [5, 5.41) is 2.73. The van der Waals surface area contributed by atoms with E-state index >= 15 is 0 Å². The molecule has 0 spiro atoms. The van der Waals surface area contributed by atoms with Crippen molar-refractivity contribution in [3.8, 4) is 5.75 Å². The zero-order valence-electron chi connectivity index (χ0n) is 14.3. The van der Waals surface area contributed by atoms with Gasteiger partial charge in [-0.3, -0.25) is 4.79 Å². The van der Waals surface area contributed by atoms with Gasteiger partial charge in [-0.05, 0) is 38.1 Å². The largest absolute Gasteiger partial charge is 0.492 e. The van der Waals surface area contributed by atoms with Crippen LogP contribution in [0.4, 0.5) is 5.69 Å². The molecular weight excluding hydrogens is 340 g/mol. The number of sulfonamides is 1. The summed E-state index contributed by atoms with van der Waals surface area (Å²) < 4.78 is 32.2. The van der Waals surface area contributed by atoms with Crippen LogP contribution in [0.1, 0.15) is 18.9 Å². The SMILES string of the molecule is CCOc1ccccc1NC(=O)CCNS(=O)(=O)c1ccc(C)cc1. The normalized spacial score (nSPS) is 11.1. The second-order valence-electron chi connectivity index (χ2n) is 5.44. The van der Waals surface area contributed by atoms with Crippen LogP contribution in [0.2, 0.25) is 0 Å². The molecule has 0 aromatic heterocycles. The number of hydrogen-bond donors (Lipinski definition) is 2. The van der Waals surface area contributed by atoms with Crippen LogP contribution in [-0.2, 0) is 14.8 Å². The van der Waals surface area contributed by atoms with Crippen molar-refractivity contribution in [2.75, 3.05) is 18.5 Å². The molecular formula is C18H22N2O4S. The lowest BCUT2D eigenvalue weighted by Gasteiger charge is -2.11. The smallest absolute Gasteiger partial charge is 0.240 e. The van der Waals surface area contributed by atoms with Gasteiger partial charge in [0.1, 0.15) is 5.75 Å². The van der Waals surface area contributed by atoms with Gasteiger partial charge in [-0.15, -0.1) is 0 Å². The fourth-order valence-corrected chi connectivity index (χ4v) is 3.20. The van der Waals surface area contributed by atoms with E-state index in [0.29, 0.717) is 18.0 Å². The fourth-order valence-electron chi connectivity index (χ4n) is 2.16. The second-order valence-corrected chi connectivity index (χ2v) is 7.21. The van der Waals surface area contributed by atoms with E-state index < -0.39 is 10.0 Å². The molecule has 2 rings (SSSR count). The number of para-hydroxylation sites is 2. The number of hydrogen-bond acceptors (Lipinski definition) is 4. The van der Waals surface area contributed by atoms with E-state index in [9.17, 15) is 13.2 Å². The average Bonchev–Trinajstić information content (AvgIpc) is 2.57. The van der Waals surface area contributed by atoms with Gasteiger partial charge < -0.3 is 10.1 Å². The molecule has 6 nitrogen and oxygen atoms in total. The molecule has 2 N–H and O–H groups in total. The molecule has 0 fully saturated rings. The monoisotopic (exact) mass is 362 g/mol. The van der Waals surface area contributed by atoms with E-state index in [2.05, 4.69) is 10.0 Å². The van der Waals surface area contributed by atoms with Crippen LogP contribution >= 0.6 is 0 Å². The summed E-state index contributed by atoms with van der Waals surface area (Å²) in [6, 6.07) is 13.6. The zero-order valence-corrected chi connectivity index (χ0v) is 15.1. The summed E-state index contributed by atoms with van der Waals surface area (Å²) in [7, 11) is -3.62. The number of ether oxygens (including phenoxy) is 1. The Bertz CT molecular complexity index is 817. The Morgan fingerprint density at radius 1 is 1.08 bits per heavy atom. The zero-order chi connectivity index (χ0) is 18.3. The summed E-state index contributed by atoms with van der Waals surface area (Å²) in [4.78, 5) is 12.2. The Hall–Kier alpha value is -2.38. The first-order valence-corrected chi connectivity index (χ1v) is 9.48. The average molecular weight is 362 g/mol. The van der Waals surface area contributed by atoms with Gasteiger partial charge in [0.2, 0.25) is 15.9 Å². The summed E-state index contributed by atoms with van der Waals surface area (Å²) in [6.45, 7) is 4.24.